The van der Waals surface area contributed by atoms with Gasteiger partial charge in [0, 0.05) is 25.4 Å². The first kappa shape index (κ1) is 23.8. The summed E-state index contributed by atoms with van der Waals surface area (Å²) in [6.45, 7) is 0.516. The third kappa shape index (κ3) is 5.51. The normalized spacial score (nSPS) is 10.9. The maximum absolute atomic E-state index is 14.2. The number of hydrogen-bond acceptors (Lipinski definition) is 5. The van der Waals surface area contributed by atoms with E-state index in [4.69, 9.17) is 4.74 Å². The first-order valence-corrected chi connectivity index (χ1v) is 10.0. The number of aryl methyl sites for hydroxylation is 1. The van der Waals surface area contributed by atoms with E-state index in [-0.39, 0.29) is 36.0 Å². The van der Waals surface area contributed by atoms with Crippen LogP contribution >= 0.6 is 0 Å². The molecular weight excluding hydrogens is 439 g/mol. The minimum absolute atomic E-state index is 0.0303. The first-order valence-electron chi connectivity index (χ1n) is 10.0. The van der Waals surface area contributed by atoms with Crippen LogP contribution in [0.3, 0.4) is 0 Å². The van der Waals surface area contributed by atoms with Gasteiger partial charge in [-0.2, -0.15) is 13.9 Å². The summed E-state index contributed by atoms with van der Waals surface area (Å²) in [4.78, 5) is 26.7. The van der Waals surface area contributed by atoms with E-state index in [2.05, 4.69) is 9.84 Å². The van der Waals surface area contributed by atoms with Crippen LogP contribution in [0.5, 0.6) is 11.5 Å². The van der Waals surface area contributed by atoms with Gasteiger partial charge in [-0.3, -0.25) is 9.59 Å². The maximum atomic E-state index is 14.2. The minimum atomic E-state index is -3.01. The average molecular weight is 461 g/mol. The number of rotatable bonds is 8. The molecule has 2 aromatic carbocycles. The van der Waals surface area contributed by atoms with Gasteiger partial charge in [-0.25, -0.2) is 9.07 Å². The van der Waals surface area contributed by atoms with Crippen LogP contribution in [0.15, 0.2) is 53.3 Å². The van der Waals surface area contributed by atoms with Crippen LogP contribution in [0.25, 0.3) is 5.69 Å². The molecule has 0 aliphatic carbocycles. The molecule has 1 heterocycles. The Morgan fingerprint density at radius 1 is 1.15 bits per heavy atom. The third-order valence-electron chi connectivity index (χ3n) is 4.68. The van der Waals surface area contributed by atoms with Crippen LogP contribution < -0.4 is 14.9 Å². The van der Waals surface area contributed by atoms with Crippen molar-refractivity contribution in [3.63, 3.8) is 0 Å². The van der Waals surface area contributed by atoms with E-state index in [1.165, 1.54) is 59.1 Å². The van der Waals surface area contributed by atoms with Crippen LogP contribution in [-0.2, 0) is 6.54 Å². The summed E-state index contributed by atoms with van der Waals surface area (Å²) in [6.07, 6.45) is 0. The molecule has 174 valence electrons. The molecule has 33 heavy (non-hydrogen) atoms. The second-order valence-electron chi connectivity index (χ2n) is 7.12. The number of alkyl halides is 2. The summed E-state index contributed by atoms with van der Waals surface area (Å²) in [5, 5.41) is 4.10. The van der Waals surface area contributed by atoms with Gasteiger partial charge in [-0.1, -0.05) is 18.2 Å². The molecule has 1 amide bonds. The second-order valence-corrected chi connectivity index (χ2v) is 7.12. The Morgan fingerprint density at radius 3 is 2.55 bits per heavy atom. The molecule has 0 radical (unpaired) electrons. The quantitative estimate of drug-likeness (QED) is 0.508. The third-order valence-corrected chi connectivity index (χ3v) is 4.68. The molecule has 0 atom stereocenters. The number of carbonyl (C=O) groups excluding carboxylic acids is 1. The van der Waals surface area contributed by atoms with Gasteiger partial charge in [-0.05, 0) is 43.7 Å². The molecule has 3 aromatic rings. The van der Waals surface area contributed by atoms with Crippen molar-refractivity contribution in [2.24, 2.45) is 0 Å². The van der Waals surface area contributed by atoms with Crippen molar-refractivity contribution in [1.82, 2.24) is 14.7 Å². The number of ether oxygens (including phenoxy) is 2. The highest BCUT2D eigenvalue weighted by molar-refractivity contribution is 5.91. The molecule has 0 aliphatic rings. The van der Waals surface area contributed by atoms with Crippen LogP contribution in [0.4, 0.5) is 13.2 Å². The summed E-state index contributed by atoms with van der Waals surface area (Å²) in [5.74, 6) is -1.27. The van der Waals surface area contributed by atoms with Crippen molar-refractivity contribution in [2.45, 2.75) is 27.0 Å². The molecule has 7 nitrogen and oxygen atoms in total. The zero-order valence-electron chi connectivity index (χ0n) is 18.2. The van der Waals surface area contributed by atoms with Gasteiger partial charge >= 0.3 is 6.61 Å². The van der Waals surface area contributed by atoms with E-state index >= 15 is 0 Å². The molecule has 0 aliphatic heterocycles. The fourth-order valence-electron chi connectivity index (χ4n) is 3.20. The van der Waals surface area contributed by atoms with Gasteiger partial charge in [0.1, 0.15) is 11.5 Å². The smallest absolute Gasteiger partial charge is 0.387 e. The average Bonchev–Trinajstić information content (AvgIpc) is 2.76. The fourth-order valence-corrected chi connectivity index (χ4v) is 3.20. The van der Waals surface area contributed by atoms with Gasteiger partial charge in [0.15, 0.2) is 17.2 Å². The highest BCUT2D eigenvalue weighted by atomic mass is 19.3. The number of hydrogen-bond donors (Lipinski definition) is 0. The van der Waals surface area contributed by atoms with Gasteiger partial charge in [0.25, 0.3) is 5.91 Å². The van der Waals surface area contributed by atoms with E-state index in [1.807, 2.05) is 0 Å². The molecule has 10 heteroatoms. The zero-order valence-corrected chi connectivity index (χ0v) is 18.2. The van der Waals surface area contributed by atoms with Gasteiger partial charge < -0.3 is 14.4 Å². The largest absolute Gasteiger partial charge is 0.490 e. The second kappa shape index (κ2) is 10.2. The zero-order chi connectivity index (χ0) is 24.1. The molecule has 0 saturated carbocycles. The highest BCUT2D eigenvalue weighted by Crippen LogP contribution is 2.30. The number of nitrogens with zero attached hydrogens (tertiary/aromatic N) is 3. The number of halogens is 3. The molecule has 0 fully saturated rings. The number of carbonyl (C=O) groups is 1. The van der Waals surface area contributed by atoms with E-state index < -0.39 is 23.8 Å². The lowest BCUT2D eigenvalue weighted by atomic mass is 10.2. The Labute approximate surface area is 188 Å². The van der Waals surface area contributed by atoms with Crippen molar-refractivity contribution >= 4 is 5.91 Å². The summed E-state index contributed by atoms with van der Waals surface area (Å²) < 4.78 is 50.4. The van der Waals surface area contributed by atoms with Crippen LogP contribution in [0.1, 0.15) is 28.7 Å². The monoisotopic (exact) mass is 461 g/mol. The van der Waals surface area contributed by atoms with E-state index in [1.54, 1.807) is 19.9 Å². The Morgan fingerprint density at radius 2 is 1.88 bits per heavy atom. The van der Waals surface area contributed by atoms with Crippen molar-refractivity contribution < 1.29 is 27.4 Å². The molecule has 0 bridgehead atoms. The molecule has 0 unspecified atom stereocenters. The molecule has 0 saturated heterocycles. The topological polar surface area (TPSA) is 73.7 Å². The first-order chi connectivity index (χ1) is 15.7. The van der Waals surface area contributed by atoms with E-state index in [9.17, 15) is 22.8 Å². The lowest BCUT2D eigenvalue weighted by Gasteiger charge is -2.19. The SMILES string of the molecule is CCOc1cc(CN(C)C(=O)c2nn(-c3ccccc3F)c(C)cc2=O)ccc1OC(F)F. The Balaban J connectivity index is 1.89. The van der Waals surface area contributed by atoms with Crippen molar-refractivity contribution in [2.75, 3.05) is 13.7 Å². The van der Waals surface area contributed by atoms with Crippen LogP contribution in [-0.4, -0.2) is 40.9 Å². The lowest BCUT2D eigenvalue weighted by molar-refractivity contribution is -0.0514. The molecule has 0 spiro atoms. The standard InChI is InChI=1S/C23H22F3N3O4/c1-4-32-20-12-15(9-10-19(20)33-23(25)26)13-28(3)22(31)21-18(30)11-14(2)29(27-21)17-8-6-5-7-16(17)24/h5-12,23H,4,13H2,1-3H3. The fraction of sp³-hybridized carbons (Fsp3) is 0.261. The predicted octanol–water partition coefficient (Wildman–Crippen LogP) is 3.95. The number of aromatic nitrogens is 2. The Kier molecular flexibility index (Phi) is 7.37. The number of para-hydroxylation sites is 1. The molecule has 1 aromatic heterocycles. The van der Waals surface area contributed by atoms with Crippen molar-refractivity contribution in [3.8, 4) is 17.2 Å². The molecule has 0 N–H and O–H groups in total. The van der Waals surface area contributed by atoms with Crippen molar-refractivity contribution in [1.29, 1.82) is 0 Å². The van der Waals surface area contributed by atoms with Crippen molar-refractivity contribution in [3.05, 3.63) is 81.5 Å². The summed E-state index contributed by atoms with van der Waals surface area (Å²) >= 11 is 0. The Hall–Kier alpha value is -3.82. The number of amides is 1. The highest BCUT2D eigenvalue weighted by Gasteiger charge is 2.21. The Bertz CT molecular complexity index is 1210. The minimum Gasteiger partial charge on any atom is -0.490 e. The molecular formula is C23H22F3N3O4. The summed E-state index contributed by atoms with van der Waals surface area (Å²) in [6, 6.07) is 11.4. The van der Waals surface area contributed by atoms with Gasteiger partial charge in [0.05, 0.1) is 6.61 Å². The van der Waals surface area contributed by atoms with Gasteiger partial charge in [-0.15, -0.1) is 0 Å². The van der Waals surface area contributed by atoms with Crippen LogP contribution in [0.2, 0.25) is 0 Å². The van der Waals surface area contributed by atoms with E-state index in [0.29, 0.717) is 11.3 Å². The van der Waals surface area contributed by atoms with Gasteiger partial charge in [0.2, 0.25) is 5.43 Å². The van der Waals surface area contributed by atoms with Crippen LogP contribution in [0, 0.1) is 12.7 Å². The number of benzene rings is 2. The lowest BCUT2D eigenvalue weighted by Crippen LogP contribution is -2.33. The van der Waals surface area contributed by atoms with E-state index in [0.717, 1.165) is 0 Å². The maximum Gasteiger partial charge on any atom is 0.387 e. The predicted molar refractivity (Wildman–Crippen MR) is 115 cm³/mol. The summed E-state index contributed by atoms with van der Waals surface area (Å²) in [7, 11) is 1.46. The summed E-state index contributed by atoms with van der Waals surface area (Å²) in [5.41, 5.74) is 0.0297. The molecule has 3 rings (SSSR count).